The van der Waals surface area contributed by atoms with Gasteiger partial charge in [0.2, 0.25) is 0 Å². The lowest BCUT2D eigenvalue weighted by atomic mass is 9.90. The van der Waals surface area contributed by atoms with Gasteiger partial charge in [-0.2, -0.15) is 0 Å². The quantitative estimate of drug-likeness (QED) is 0.859. The highest BCUT2D eigenvalue weighted by atomic mass is 16.5. The lowest BCUT2D eigenvalue weighted by Gasteiger charge is -2.22. The van der Waals surface area contributed by atoms with Crippen molar-refractivity contribution >= 4 is 0 Å². The number of nitrogens with zero attached hydrogens (tertiary/aromatic N) is 1. The first kappa shape index (κ1) is 13.5. The Labute approximate surface area is 112 Å². The fraction of sp³-hybridized carbons (Fsp3) is 0.267. The molecule has 4 heteroatoms. The van der Waals surface area contributed by atoms with Crippen molar-refractivity contribution in [3.63, 3.8) is 0 Å². The van der Waals surface area contributed by atoms with E-state index in [4.69, 9.17) is 10.5 Å². The Hall–Kier alpha value is -1.91. The van der Waals surface area contributed by atoms with Crippen LogP contribution in [0.15, 0.2) is 48.8 Å². The van der Waals surface area contributed by atoms with Gasteiger partial charge in [-0.3, -0.25) is 4.98 Å². The molecule has 1 aromatic heterocycles. The zero-order chi connectivity index (χ0) is 13.7. The molecule has 0 saturated carbocycles. The number of pyridine rings is 1. The molecule has 0 spiro atoms. The van der Waals surface area contributed by atoms with E-state index in [0.29, 0.717) is 6.54 Å². The second-order valence-electron chi connectivity index (χ2n) is 4.35. The van der Waals surface area contributed by atoms with Gasteiger partial charge in [0, 0.05) is 24.9 Å². The van der Waals surface area contributed by atoms with Crippen LogP contribution in [-0.2, 0) is 0 Å². The van der Waals surface area contributed by atoms with E-state index >= 15 is 0 Å². The van der Waals surface area contributed by atoms with Gasteiger partial charge in [0.15, 0.2) is 0 Å². The van der Waals surface area contributed by atoms with Crippen molar-refractivity contribution in [3.8, 4) is 5.75 Å². The van der Waals surface area contributed by atoms with Gasteiger partial charge in [-0.15, -0.1) is 0 Å². The van der Waals surface area contributed by atoms with Crippen LogP contribution in [0.3, 0.4) is 0 Å². The molecule has 0 fully saturated rings. The zero-order valence-electron chi connectivity index (χ0n) is 10.9. The third-order valence-electron chi connectivity index (χ3n) is 3.18. The molecule has 1 aromatic carbocycles. The molecular formula is C15H18N2O2. The van der Waals surface area contributed by atoms with Crippen molar-refractivity contribution in [2.75, 3.05) is 13.7 Å². The Kier molecular flexibility index (Phi) is 4.49. The minimum absolute atomic E-state index is 0.181. The molecule has 2 aromatic rings. The highest BCUT2D eigenvalue weighted by Gasteiger charge is 2.21. The van der Waals surface area contributed by atoms with Gasteiger partial charge in [-0.25, -0.2) is 0 Å². The molecule has 2 atom stereocenters. The molecule has 0 aliphatic carbocycles. The van der Waals surface area contributed by atoms with E-state index in [2.05, 4.69) is 4.98 Å². The van der Waals surface area contributed by atoms with Crippen LogP contribution in [0.25, 0.3) is 0 Å². The fourth-order valence-electron chi connectivity index (χ4n) is 2.10. The summed E-state index contributed by atoms with van der Waals surface area (Å²) < 4.78 is 5.20. The van der Waals surface area contributed by atoms with E-state index in [1.807, 2.05) is 30.3 Å². The van der Waals surface area contributed by atoms with Crippen molar-refractivity contribution < 1.29 is 9.84 Å². The summed E-state index contributed by atoms with van der Waals surface area (Å²) in [5.41, 5.74) is 7.53. The average molecular weight is 258 g/mol. The summed E-state index contributed by atoms with van der Waals surface area (Å²) in [6.07, 6.45) is 2.66. The molecule has 2 unspecified atom stereocenters. The number of hydrogen-bond acceptors (Lipinski definition) is 4. The third-order valence-corrected chi connectivity index (χ3v) is 3.18. The van der Waals surface area contributed by atoms with E-state index in [-0.39, 0.29) is 5.92 Å². The maximum absolute atomic E-state index is 10.4. The first-order valence-corrected chi connectivity index (χ1v) is 6.18. The van der Waals surface area contributed by atoms with Crippen molar-refractivity contribution in [1.29, 1.82) is 0 Å². The molecule has 0 saturated heterocycles. The molecule has 0 amide bonds. The number of rotatable bonds is 5. The predicted molar refractivity (Wildman–Crippen MR) is 74.0 cm³/mol. The predicted octanol–water partition coefficient (Wildman–Crippen LogP) is 1.87. The van der Waals surface area contributed by atoms with Crippen molar-refractivity contribution in [3.05, 3.63) is 59.9 Å². The Balaban J connectivity index is 2.28. The molecule has 1 heterocycles. The highest BCUT2D eigenvalue weighted by Crippen LogP contribution is 2.31. The normalized spacial score (nSPS) is 13.8. The summed E-state index contributed by atoms with van der Waals surface area (Å²) in [6.45, 7) is 0.350. The van der Waals surface area contributed by atoms with Crippen molar-refractivity contribution in [2.24, 2.45) is 5.73 Å². The van der Waals surface area contributed by atoms with E-state index in [1.54, 1.807) is 25.6 Å². The maximum atomic E-state index is 10.4. The lowest BCUT2D eigenvalue weighted by Crippen LogP contribution is -2.20. The molecule has 3 N–H and O–H groups in total. The first-order chi connectivity index (χ1) is 9.26. The van der Waals surface area contributed by atoms with Crippen LogP contribution in [0.2, 0.25) is 0 Å². The molecule has 0 aliphatic heterocycles. The highest BCUT2D eigenvalue weighted by molar-refractivity contribution is 5.33. The molecular weight excluding hydrogens is 240 g/mol. The summed E-state index contributed by atoms with van der Waals surface area (Å²) in [7, 11) is 1.62. The number of aliphatic hydroxyl groups is 1. The lowest BCUT2D eigenvalue weighted by molar-refractivity contribution is 0.147. The van der Waals surface area contributed by atoms with Gasteiger partial charge >= 0.3 is 0 Å². The van der Waals surface area contributed by atoms with Gasteiger partial charge in [-0.05, 0) is 29.3 Å². The first-order valence-electron chi connectivity index (χ1n) is 6.18. The Morgan fingerprint density at radius 2 is 2.05 bits per heavy atom. The van der Waals surface area contributed by atoms with Crippen molar-refractivity contribution in [1.82, 2.24) is 4.98 Å². The van der Waals surface area contributed by atoms with Crippen LogP contribution in [0.1, 0.15) is 23.1 Å². The molecule has 0 radical (unpaired) electrons. The van der Waals surface area contributed by atoms with Gasteiger partial charge in [-0.1, -0.05) is 18.2 Å². The minimum Gasteiger partial charge on any atom is -0.497 e. The number of aliphatic hydroxyl groups excluding tert-OH is 1. The van der Waals surface area contributed by atoms with Gasteiger partial charge in [0.1, 0.15) is 5.75 Å². The molecule has 0 aliphatic rings. The zero-order valence-corrected chi connectivity index (χ0v) is 10.9. The Bertz CT molecular complexity index is 517. The Morgan fingerprint density at radius 1 is 1.26 bits per heavy atom. The van der Waals surface area contributed by atoms with Crippen LogP contribution in [0.5, 0.6) is 5.75 Å². The number of ether oxygens (including phenoxy) is 1. The van der Waals surface area contributed by atoms with Gasteiger partial charge < -0.3 is 15.6 Å². The largest absolute Gasteiger partial charge is 0.497 e. The third kappa shape index (κ3) is 3.10. The van der Waals surface area contributed by atoms with Crippen LogP contribution in [0, 0.1) is 0 Å². The second-order valence-corrected chi connectivity index (χ2v) is 4.35. The fourth-order valence-corrected chi connectivity index (χ4v) is 2.10. The molecule has 0 bridgehead atoms. The summed E-state index contributed by atoms with van der Waals surface area (Å²) in [4.78, 5) is 4.02. The summed E-state index contributed by atoms with van der Waals surface area (Å²) in [5, 5.41) is 10.4. The Morgan fingerprint density at radius 3 is 2.68 bits per heavy atom. The van der Waals surface area contributed by atoms with E-state index in [0.717, 1.165) is 16.9 Å². The number of nitrogens with two attached hydrogens (primary N) is 1. The summed E-state index contributed by atoms with van der Waals surface area (Å²) >= 11 is 0. The molecule has 4 nitrogen and oxygen atoms in total. The molecule has 2 rings (SSSR count). The maximum Gasteiger partial charge on any atom is 0.119 e. The smallest absolute Gasteiger partial charge is 0.119 e. The summed E-state index contributed by atoms with van der Waals surface area (Å²) in [6, 6.07) is 11.3. The van der Waals surface area contributed by atoms with Gasteiger partial charge in [0.05, 0.1) is 13.2 Å². The number of aromatic nitrogens is 1. The number of hydrogen-bond donors (Lipinski definition) is 2. The number of methoxy groups -OCH3 is 1. The van der Waals surface area contributed by atoms with Gasteiger partial charge in [0.25, 0.3) is 0 Å². The average Bonchev–Trinajstić information content (AvgIpc) is 2.49. The van der Waals surface area contributed by atoms with Crippen LogP contribution < -0.4 is 10.5 Å². The van der Waals surface area contributed by atoms with Crippen molar-refractivity contribution in [2.45, 2.75) is 12.0 Å². The number of benzene rings is 1. The second kappa shape index (κ2) is 6.31. The topological polar surface area (TPSA) is 68.4 Å². The van der Waals surface area contributed by atoms with E-state index in [9.17, 15) is 5.11 Å². The molecule has 19 heavy (non-hydrogen) atoms. The monoisotopic (exact) mass is 258 g/mol. The minimum atomic E-state index is -0.675. The standard InChI is InChI=1S/C15H18N2O2/c1-19-13-6-2-4-11(8-13)14(9-16)15(18)12-5-3-7-17-10-12/h2-8,10,14-15,18H,9,16H2,1H3. The van der Waals surface area contributed by atoms with E-state index < -0.39 is 6.10 Å². The van der Waals surface area contributed by atoms with Crippen LogP contribution in [0.4, 0.5) is 0 Å². The summed E-state index contributed by atoms with van der Waals surface area (Å²) in [5.74, 6) is 0.577. The molecule has 100 valence electrons. The SMILES string of the molecule is COc1cccc(C(CN)C(O)c2cccnc2)c1. The van der Waals surface area contributed by atoms with E-state index in [1.165, 1.54) is 0 Å². The van der Waals surface area contributed by atoms with Crippen LogP contribution >= 0.6 is 0 Å². The van der Waals surface area contributed by atoms with Crippen LogP contribution in [-0.4, -0.2) is 23.7 Å².